The van der Waals surface area contributed by atoms with E-state index in [0.717, 1.165) is 38.0 Å². The van der Waals surface area contributed by atoms with Crippen LogP contribution >= 0.6 is 11.3 Å². The number of carbonyl (C=O) groups is 1. The van der Waals surface area contributed by atoms with Crippen LogP contribution in [0.2, 0.25) is 0 Å². The number of thiazole rings is 1. The zero-order valence-electron chi connectivity index (χ0n) is 9.24. The lowest BCUT2D eigenvalue weighted by atomic mass is 9.99. The Bertz CT molecular complexity index is 320. The third-order valence-electron chi connectivity index (χ3n) is 2.83. The first-order chi connectivity index (χ1) is 7.86. The van der Waals surface area contributed by atoms with Crippen molar-refractivity contribution < 1.29 is 4.79 Å². The number of nitrogens with zero attached hydrogens (tertiary/aromatic N) is 1. The molecule has 0 radical (unpaired) electrons. The fraction of sp³-hybridized carbons (Fsp3) is 0.636. The summed E-state index contributed by atoms with van der Waals surface area (Å²) in [5.74, 6) is 0.339. The van der Waals surface area contributed by atoms with Gasteiger partial charge in [-0.05, 0) is 19.4 Å². The first-order valence-electron chi connectivity index (χ1n) is 5.72. The lowest BCUT2D eigenvalue weighted by molar-refractivity contribution is -0.125. The van der Waals surface area contributed by atoms with E-state index in [2.05, 4.69) is 15.6 Å². The summed E-state index contributed by atoms with van der Waals surface area (Å²) in [5.41, 5.74) is 2.88. The minimum atomic E-state index is 0.157. The van der Waals surface area contributed by atoms with Crippen LogP contribution < -0.4 is 10.6 Å². The molecule has 1 aliphatic rings. The van der Waals surface area contributed by atoms with Crippen molar-refractivity contribution in [3.05, 3.63) is 16.6 Å². The smallest absolute Gasteiger partial charge is 0.224 e. The van der Waals surface area contributed by atoms with Gasteiger partial charge in [0.1, 0.15) is 0 Å². The second kappa shape index (κ2) is 5.96. The van der Waals surface area contributed by atoms with Crippen LogP contribution in [0.15, 0.2) is 10.9 Å². The van der Waals surface area contributed by atoms with Crippen LogP contribution in [0.4, 0.5) is 0 Å². The van der Waals surface area contributed by atoms with Gasteiger partial charge in [0.15, 0.2) is 0 Å². The number of hydrogen-bond donors (Lipinski definition) is 2. The van der Waals surface area contributed by atoms with Crippen LogP contribution in [0.5, 0.6) is 0 Å². The van der Waals surface area contributed by atoms with E-state index in [0.29, 0.717) is 6.54 Å². The summed E-state index contributed by atoms with van der Waals surface area (Å²) in [6.45, 7) is 2.56. The van der Waals surface area contributed by atoms with Crippen molar-refractivity contribution in [2.75, 3.05) is 19.6 Å². The van der Waals surface area contributed by atoms with Gasteiger partial charge < -0.3 is 10.6 Å². The second-order valence-electron chi connectivity index (χ2n) is 4.06. The Morgan fingerprint density at radius 1 is 1.69 bits per heavy atom. The molecule has 0 aliphatic carbocycles. The standard InChI is InChI=1S/C11H17N3OS/c15-11(9-2-1-4-12-6-9)13-5-3-10-7-16-8-14-10/h7-9,12H,1-6H2,(H,13,15)/t9-/m1/s1. The summed E-state index contributed by atoms with van der Waals surface area (Å²) in [6.07, 6.45) is 2.94. The zero-order chi connectivity index (χ0) is 11.2. The average molecular weight is 239 g/mol. The normalized spacial score (nSPS) is 20.6. The van der Waals surface area contributed by atoms with E-state index in [-0.39, 0.29) is 11.8 Å². The van der Waals surface area contributed by atoms with Gasteiger partial charge in [-0.25, -0.2) is 4.98 Å². The molecule has 16 heavy (non-hydrogen) atoms. The first kappa shape index (κ1) is 11.5. The van der Waals surface area contributed by atoms with E-state index >= 15 is 0 Å². The van der Waals surface area contributed by atoms with Gasteiger partial charge in [0.25, 0.3) is 0 Å². The summed E-state index contributed by atoms with van der Waals surface area (Å²) in [5, 5.41) is 8.25. The molecule has 2 rings (SSSR count). The number of piperidine rings is 1. The van der Waals surface area contributed by atoms with Gasteiger partial charge in [-0.1, -0.05) is 0 Å². The maximum atomic E-state index is 11.8. The largest absolute Gasteiger partial charge is 0.355 e. The maximum absolute atomic E-state index is 11.8. The van der Waals surface area contributed by atoms with Gasteiger partial charge in [0.2, 0.25) is 5.91 Å². The fourth-order valence-electron chi connectivity index (χ4n) is 1.89. The highest BCUT2D eigenvalue weighted by atomic mass is 32.1. The van der Waals surface area contributed by atoms with E-state index in [1.54, 1.807) is 11.3 Å². The molecule has 1 fully saturated rings. The summed E-state index contributed by atoms with van der Waals surface area (Å²) < 4.78 is 0. The maximum Gasteiger partial charge on any atom is 0.224 e. The molecule has 1 aromatic rings. The van der Waals surface area contributed by atoms with E-state index in [9.17, 15) is 4.79 Å². The van der Waals surface area contributed by atoms with Crippen molar-refractivity contribution in [2.45, 2.75) is 19.3 Å². The van der Waals surface area contributed by atoms with E-state index in [4.69, 9.17) is 0 Å². The molecule has 0 bridgehead atoms. The SMILES string of the molecule is O=C(NCCc1cscn1)[C@@H]1CCCNC1. The lowest BCUT2D eigenvalue weighted by Gasteiger charge is -2.21. The number of nitrogens with one attached hydrogen (secondary N) is 2. The molecule has 5 heteroatoms. The highest BCUT2D eigenvalue weighted by Gasteiger charge is 2.20. The van der Waals surface area contributed by atoms with E-state index in [1.807, 2.05) is 10.9 Å². The predicted octanol–water partition coefficient (Wildman–Crippen LogP) is 0.801. The van der Waals surface area contributed by atoms with Crippen molar-refractivity contribution in [1.82, 2.24) is 15.6 Å². The number of amides is 1. The number of aromatic nitrogens is 1. The van der Waals surface area contributed by atoms with Gasteiger partial charge in [-0.3, -0.25) is 4.79 Å². The minimum Gasteiger partial charge on any atom is -0.355 e. The number of carbonyl (C=O) groups excluding carboxylic acids is 1. The molecule has 2 heterocycles. The van der Waals surface area contributed by atoms with Gasteiger partial charge in [0.05, 0.1) is 17.1 Å². The Morgan fingerprint density at radius 3 is 3.31 bits per heavy atom. The Balaban J connectivity index is 1.67. The van der Waals surface area contributed by atoms with Crippen LogP contribution in [-0.4, -0.2) is 30.5 Å². The van der Waals surface area contributed by atoms with Gasteiger partial charge >= 0.3 is 0 Å². The Labute approximate surface area is 99.5 Å². The molecule has 4 nitrogen and oxygen atoms in total. The van der Waals surface area contributed by atoms with Gasteiger partial charge in [-0.15, -0.1) is 11.3 Å². The van der Waals surface area contributed by atoms with Crippen molar-refractivity contribution >= 4 is 17.2 Å². The quantitative estimate of drug-likeness (QED) is 0.817. The van der Waals surface area contributed by atoms with Gasteiger partial charge in [-0.2, -0.15) is 0 Å². The Morgan fingerprint density at radius 2 is 2.62 bits per heavy atom. The monoisotopic (exact) mass is 239 g/mol. The van der Waals surface area contributed by atoms with Crippen molar-refractivity contribution in [3.63, 3.8) is 0 Å². The summed E-state index contributed by atoms with van der Waals surface area (Å²) in [6, 6.07) is 0. The molecular formula is C11H17N3OS. The molecule has 1 aliphatic heterocycles. The minimum absolute atomic E-state index is 0.157. The average Bonchev–Trinajstić information content (AvgIpc) is 2.83. The van der Waals surface area contributed by atoms with Crippen LogP contribution in [0.1, 0.15) is 18.5 Å². The summed E-state index contributed by atoms with van der Waals surface area (Å²) in [7, 11) is 0. The molecule has 0 spiro atoms. The highest BCUT2D eigenvalue weighted by Crippen LogP contribution is 2.09. The number of hydrogen-bond acceptors (Lipinski definition) is 4. The molecule has 0 saturated carbocycles. The van der Waals surface area contributed by atoms with E-state index < -0.39 is 0 Å². The zero-order valence-corrected chi connectivity index (χ0v) is 10.1. The Hall–Kier alpha value is -0.940. The van der Waals surface area contributed by atoms with Crippen LogP contribution in [-0.2, 0) is 11.2 Å². The lowest BCUT2D eigenvalue weighted by Crippen LogP contribution is -2.41. The highest BCUT2D eigenvalue weighted by molar-refractivity contribution is 7.07. The van der Waals surface area contributed by atoms with Crippen LogP contribution in [0.25, 0.3) is 0 Å². The predicted molar refractivity (Wildman–Crippen MR) is 64.4 cm³/mol. The molecule has 88 valence electrons. The molecule has 1 amide bonds. The van der Waals surface area contributed by atoms with Crippen molar-refractivity contribution in [2.24, 2.45) is 5.92 Å². The second-order valence-corrected chi connectivity index (χ2v) is 4.78. The van der Waals surface area contributed by atoms with E-state index in [1.165, 1.54) is 0 Å². The van der Waals surface area contributed by atoms with Gasteiger partial charge in [0, 0.05) is 24.9 Å². The summed E-state index contributed by atoms with van der Waals surface area (Å²) in [4.78, 5) is 15.9. The molecular weight excluding hydrogens is 222 g/mol. The molecule has 1 atom stereocenters. The fourth-order valence-corrected chi connectivity index (χ4v) is 2.49. The number of rotatable bonds is 4. The third-order valence-corrected chi connectivity index (χ3v) is 3.47. The van der Waals surface area contributed by atoms with Crippen LogP contribution in [0.3, 0.4) is 0 Å². The third kappa shape index (κ3) is 3.28. The van der Waals surface area contributed by atoms with Crippen molar-refractivity contribution in [3.8, 4) is 0 Å². The Kier molecular flexibility index (Phi) is 4.30. The topological polar surface area (TPSA) is 54.0 Å². The summed E-state index contributed by atoms with van der Waals surface area (Å²) >= 11 is 1.59. The molecule has 2 N–H and O–H groups in total. The molecule has 0 unspecified atom stereocenters. The molecule has 0 aromatic carbocycles. The van der Waals surface area contributed by atoms with Crippen LogP contribution in [0, 0.1) is 5.92 Å². The molecule has 1 saturated heterocycles. The molecule has 1 aromatic heterocycles. The van der Waals surface area contributed by atoms with Crippen molar-refractivity contribution in [1.29, 1.82) is 0 Å². The first-order valence-corrected chi connectivity index (χ1v) is 6.66.